The molecule has 29 heavy (non-hydrogen) atoms. The lowest BCUT2D eigenvalue weighted by Gasteiger charge is -2.31. The van der Waals surface area contributed by atoms with Gasteiger partial charge in [0.15, 0.2) is 0 Å². The molecule has 0 spiro atoms. The van der Waals surface area contributed by atoms with Crippen LogP contribution in [0.2, 0.25) is 0 Å². The second-order valence-corrected chi connectivity index (χ2v) is 10.0. The van der Waals surface area contributed by atoms with Gasteiger partial charge in [-0.3, -0.25) is 9.10 Å². The number of sulfonamides is 1. The van der Waals surface area contributed by atoms with Gasteiger partial charge in [-0.1, -0.05) is 46.3 Å². The fourth-order valence-corrected chi connectivity index (χ4v) is 5.91. The van der Waals surface area contributed by atoms with Crippen molar-refractivity contribution in [3.8, 4) is 11.1 Å². The van der Waals surface area contributed by atoms with Crippen molar-refractivity contribution < 1.29 is 13.2 Å². The van der Waals surface area contributed by atoms with Crippen LogP contribution in [0.5, 0.6) is 0 Å². The Labute approximate surface area is 182 Å². The van der Waals surface area contributed by atoms with Crippen molar-refractivity contribution >= 4 is 55.0 Å². The lowest BCUT2D eigenvalue weighted by atomic mass is 10.0. The molecule has 0 aliphatic carbocycles. The van der Waals surface area contributed by atoms with Crippen LogP contribution in [0.25, 0.3) is 11.1 Å². The Bertz CT molecular complexity index is 1210. The molecule has 1 amide bonds. The van der Waals surface area contributed by atoms with Crippen molar-refractivity contribution in [2.75, 3.05) is 22.4 Å². The van der Waals surface area contributed by atoms with Gasteiger partial charge < -0.3 is 5.32 Å². The number of rotatable bonds is 4. The number of nitrogens with zero attached hydrogens (tertiary/aromatic N) is 1. The van der Waals surface area contributed by atoms with Gasteiger partial charge in [-0.2, -0.15) is 0 Å². The van der Waals surface area contributed by atoms with Gasteiger partial charge in [-0.15, -0.1) is 11.8 Å². The van der Waals surface area contributed by atoms with Gasteiger partial charge in [0.25, 0.3) is 10.0 Å². The van der Waals surface area contributed by atoms with Crippen molar-refractivity contribution in [2.45, 2.75) is 9.79 Å². The number of benzene rings is 3. The molecule has 1 N–H and O–H groups in total. The Morgan fingerprint density at radius 1 is 1.03 bits per heavy atom. The fraction of sp³-hybridized carbons (Fsp3) is 0.0952. The van der Waals surface area contributed by atoms with Crippen LogP contribution in [0, 0.1) is 0 Å². The van der Waals surface area contributed by atoms with Gasteiger partial charge in [-0.05, 0) is 42.7 Å². The molecule has 0 atom stereocenters. The van der Waals surface area contributed by atoms with Crippen LogP contribution in [0.4, 0.5) is 11.4 Å². The standard InChI is InChI=1S/C21H17BrN2O3S2/c1-28-19-8-4-3-7-17(19)23-21(25)13-24-18-11-10-14(22)12-16(18)15-6-2-5-9-20(15)29(24,26)27/h2-12H,13H2,1H3,(H,23,25). The molecule has 148 valence electrons. The van der Waals surface area contributed by atoms with Crippen molar-refractivity contribution in [2.24, 2.45) is 0 Å². The molecule has 5 nitrogen and oxygen atoms in total. The van der Waals surface area contributed by atoms with Gasteiger partial charge in [-0.25, -0.2) is 8.42 Å². The summed E-state index contributed by atoms with van der Waals surface area (Å²) in [6.07, 6.45) is 1.92. The highest BCUT2D eigenvalue weighted by Gasteiger charge is 2.35. The first-order valence-corrected chi connectivity index (χ1v) is 12.2. The average molecular weight is 489 g/mol. The summed E-state index contributed by atoms with van der Waals surface area (Å²) in [4.78, 5) is 13.9. The van der Waals surface area contributed by atoms with Gasteiger partial charge >= 0.3 is 0 Å². The summed E-state index contributed by atoms with van der Waals surface area (Å²) in [5.74, 6) is -0.400. The number of anilines is 2. The number of hydrogen-bond donors (Lipinski definition) is 1. The van der Waals surface area contributed by atoms with Crippen molar-refractivity contribution in [3.05, 3.63) is 71.2 Å². The van der Waals surface area contributed by atoms with E-state index in [1.54, 1.807) is 42.5 Å². The highest BCUT2D eigenvalue weighted by molar-refractivity contribution is 9.10. The SMILES string of the molecule is CSc1ccccc1NC(=O)CN1c2ccc(Br)cc2-c2ccccc2S1(=O)=O. The summed E-state index contributed by atoms with van der Waals surface area (Å²) in [5.41, 5.74) is 2.55. The molecule has 8 heteroatoms. The summed E-state index contributed by atoms with van der Waals surface area (Å²) < 4.78 is 28.6. The van der Waals surface area contributed by atoms with Crippen molar-refractivity contribution in [3.63, 3.8) is 0 Å². The Morgan fingerprint density at radius 2 is 1.76 bits per heavy atom. The van der Waals surface area contributed by atoms with Crippen LogP contribution in [0.15, 0.2) is 81.0 Å². The van der Waals surface area contributed by atoms with Gasteiger partial charge in [0.1, 0.15) is 6.54 Å². The van der Waals surface area contributed by atoms with E-state index in [0.717, 1.165) is 14.9 Å². The van der Waals surface area contributed by atoms with E-state index in [4.69, 9.17) is 0 Å². The monoisotopic (exact) mass is 488 g/mol. The highest BCUT2D eigenvalue weighted by atomic mass is 79.9. The third-order valence-electron chi connectivity index (χ3n) is 4.64. The topological polar surface area (TPSA) is 66.5 Å². The molecule has 1 aliphatic heterocycles. The maximum Gasteiger partial charge on any atom is 0.265 e. The predicted octanol–water partition coefficient (Wildman–Crippen LogP) is 4.99. The number of halogens is 1. The first kappa shape index (κ1) is 20.0. The molecule has 0 saturated heterocycles. The van der Waals surface area contributed by atoms with E-state index in [-0.39, 0.29) is 11.4 Å². The molecule has 0 unspecified atom stereocenters. The van der Waals surface area contributed by atoms with Crippen LogP contribution >= 0.6 is 27.7 Å². The number of carbonyl (C=O) groups is 1. The molecular formula is C21H17BrN2O3S2. The lowest BCUT2D eigenvalue weighted by Crippen LogP contribution is -2.40. The molecule has 0 saturated carbocycles. The summed E-state index contributed by atoms with van der Waals surface area (Å²) in [7, 11) is -3.86. The normalized spacial score (nSPS) is 14.1. The molecule has 0 aromatic heterocycles. The Hall–Kier alpha value is -2.29. The van der Waals surface area contributed by atoms with Crippen molar-refractivity contribution in [1.82, 2.24) is 0 Å². The number of fused-ring (bicyclic) bond motifs is 3. The van der Waals surface area contributed by atoms with Crippen LogP contribution in [-0.4, -0.2) is 27.1 Å². The van der Waals surface area contributed by atoms with Gasteiger partial charge in [0, 0.05) is 20.5 Å². The Balaban J connectivity index is 1.73. The van der Waals surface area contributed by atoms with Gasteiger partial charge in [0.2, 0.25) is 5.91 Å². The minimum Gasteiger partial charge on any atom is -0.323 e. The zero-order valence-electron chi connectivity index (χ0n) is 15.4. The number of thioether (sulfide) groups is 1. The highest BCUT2D eigenvalue weighted by Crippen LogP contribution is 2.43. The summed E-state index contributed by atoms with van der Waals surface area (Å²) >= 11 is 4.96. The lowest BCUT2D eigenvalue weighted by molar-refractivity contribution is -0.114. The molecule has 3 aromatic rings. The van der Waals surface area contributed by atoms with Crippen LogP contribution in [-0.2, 0) is 14.8 Å². The quantitative estimate of drug-likeness (QED) is 0.525. The number of carbonyl (C=O) groups excluding carboxylic acids is 1. The molecule has 0 bridgehead atoms. The smallest absolute Gasteiger partial charge is 0.265 e. The Kier molecular flexibility index (Phi) is 5.42. The molecule has 4 rings (SSSR count). The third-order valence-corrected chi connectivity index (χ3v) is 7.75. The van der Waals surface area contributed by atoms with E-state index in [0.29, 0.717) is 16.9 Å². The van der Waals surface area contributed by atoms with Crippen LogP contribution in [0.3, 0.4) is 0 Å². The van der Waals surface area contributed by atoms with Crippen LogP contribution in [0.1, 0.15) is 0 Å². The second-order valence-electron chi connectivity index (χ2n) is 6.42. The third kappa shape index (κ3) is 3.68. The average Bonchev–Trinajstić information content (AvgIpc) is 2.72. The number of nitrogens with one attached hydrogen (secondary N) is 1. The van der Waals surface area contributed by atoms with E-state index in [2.05, 4.69) is 21.2 Å². The maximum atomic E-state index is 13.3. The molecule has 0 fully saturated rings. The van der Waals surface area contributed by atoms with E-state index in [1.807, 2.05) is 30.5 Å². The molecule has 3 aromatic carbocycles. The second kappa shape index (κ2) is 7.85. The first-order valence-electron chi connectivity index (χ1n) is 8.76. The zero-order valence-corrected chi connectivity index (χ0v) is 18.6. The number of hydrogen-bond acceptors (Lipinski definition) is 4. The van der Waals surface area contributed by atoms with Gasteiger partial charge in [0.05, 0.1) is 16.3 Å². The summed E-state index contributed by atoms with van der Waals surface area (Å²) in [6.45, 7) is -0.311. The van der Waals surface area contributed by atoms with E-state index < -0.39 is 15.9 Å². The predicted molar refractivity (Wildman–Crippen MR) is 121 cm³/mol. The molecule has 1 aliphatic rings. The minimum atomic E-state index is -3.86. The molecule has 0 radical (unpaired) electrons. The van der Waals surface area contributed by atoms with Crippen LogP contribution < -0.4 is 9.62 Å². The fourth-order valence-electron chi connectivity index (χ4n) is 3.34. The minimum absolute atomic E-state index is 0.197. The molecule has 1 heterocycles. The summed E-state index contributed by atoms with van der Waals surface area (Å²) in [5, 5.41) is 2.84. The Morgan fingerprint density at radius 3 is 2.55 bits per heavy atom. The maximum absolute atomic E-state index is 13.3. The van der Waals surface area contributed by atoms with E-state index in [9.17, 15) is 13.2 Å². The largest absolute Gasteiger partial charge is 0.323 e. The molecular weight excluding hydrogens is 472 g/mol. The first-order chi connectivity index (χ1) is 13.9. The zero-order chi connectivity index (χ0) is 20.6. The van der Waals surface area contributed by atoms with Crippen molar-refractivity contribution in [1.29, 1.82) is 0 Å². The number of amides is 1. The van der Waals surface area contributed by atoms with E-state index in [1.165, 1.54) is 16.1 Å². The number of para-hydroxylation sites is 1. The summed E-state index contributed by atoms with van der Waals surface area (Å²) in [6, 6.07) is 19.6. The van der Waals surface area contributed by atoms with E-state index >= 15 is 0 Å².